The van der Waals surface area contributed by atoms with Crippen molar-refractivity contribution >= 4 is 5.97 Å². The Morgan fingerprint density at radius 2 is 2.00 bits per heavy atom. The first kappa shape index (κ1) is 14.2. The van der Waals surface area contributed by atoms with Gasteiger partial charge < -0.3 is 9.47 Å². The van der Waals surface area contributed by atoms with Crippen LogP contribution in [0.4, 0.5) is 0 Å². The Bertz CT molecular complexity index is 176. The van der Waals surface area contributed by atoms with E-state index in [1.165, 1.54) is 0 Å². The van der Waals surface area contributed by atoms with E-state index in [0.717, 1.165) is 25.7 Å². The Balaban J connectivity index is 3.14. The van der Waals surface area contributed by atoms with Gasteiger partial charge in [0.1, 0.15) is 0 Å². The van der Waals surface area contributed by atoms with Crippen molar-refractivity contribution in [1.82, 2.24) is 0 Å². The van der Waals surface area contributed by atoms with E-state index < -0.39 is 0 Å². The van der Waals surface area contributed by atoms with Gasteiger partial charge in [0.2, 0.25) is 0 Å². The minimum Gasteiger partial charge on any atom is -0.466 e. The van der Waals surface area contributed by atoms with Gasteiger partial charge in [0.15, 0.2) is 0 Å². The van der Waals surface area contributed by atoms with Crippen LogP contribution >= 0.6 is 0 Å². The van der Waals surface area contributed by atoms with Crippen LogP contribution in [-0.2, 0) is 14.3 Å². The maximum Gasteiger partial charge on any atom is 0.305 e. The number of rotatable bonds is 9. The van der Waals surface area contributed by atoms with Gasteiger partial charge in [-0.25, -0.2) is 0 Å². The van der Waals surface area contributed by atoms with Gasteiger partial charge in [-0.2, -0.15) is 0 Å². The zero-order valence-electron chi connectivity index (χ0n) is 9.83. The van der Waals surface area contributed by atoms with Crippen molar-refractivity contribution in [2.75, 3.05) is 20.3 Å². The zero-order valence-corrected chi connectivity index (χ0v) is 9.83. The summed E-state index contributed by atoms with van der Waals surface area (Å²) >= 11 is 0. The van der Waals surface area contributed by atoms with Crippen molar-refractivity contribution in [2.24, 2.45) is 0 Å². The van der Waals surface area contributed by atoms with Crippen LogP contribution in [0.15, 0.2) is 12.2 Å². The summed E-state index contributed by atoms with van der Waals surface area (Å²) in [7, 11) is 1.68. The summed E-state index contributed by atoms with van der Waals surface area (Å²) in [5, 5.41) is 0. The summed E-state index contributed by atoms with van der Waals surface area (Å²) < 4.78 is 9.71. The predicted octanol–water partition coefficient (Wildman–Crippen LogP) is 2.70. The molecule has 0 saturated heterocycles. The van der Waals surface area contributed by atoms with Gasteiger partial charge in [0, 0.05) is 13.5 Å². The predicted molar refractivity (Wildman–Crippen MR) is 60.7 cm³/mol. The minimum atomic E-state index is -0.0765. The van der Waals surface area contributed by atoms with E-state index in [9.17, 15) is 4.79 Å². The van der Waals surface area contributed by atoms with Gasteiger partial charge >= 0.3 is 5.97 Å². The average molecular weight is 214 g/mol. The van der Waals surface area contributed by atoms with Crippen molar-refractivity contribution in [1.29, 1.82) is 0 Å². The van der Waals surface area contributed by atoms with Gasteiger partial charge in [0.05, 0.1) is 13.2 Å². The topological polar surface area (TPSA) is 35.5 Å². The molecule has 15 heavy (non-hydrogen) atoms. The number of hydrogen-bond acceptors (Lipinski definition) is 3. The smallest absolute Gasteiger partial charge is 0.305 e. The molecule has 0 rings (SSSR count). The molecule has 0 aromatic heterocycles. The van der Waals surface area contributed by atoms with Crippen molar-refractivity contribution in [3.8, 4) is 0 Å². The summed E-state index contributed by atoms with van der Waals surface area (Å²) in [4.78, 5) is 11.0. The van der Waals surface area contributed by atoms with E-state index in [0.29, 0.717) is 19.6 Å². The van der Waals surface area contributed by atoms with Crippen LogP contribution in [0.3, 0.4) is 0 Å². The summed E-state index contributed by atoms with van der Waals surface area (Å²) in [6, 6.07) is 0. The SMILES string of the molecule is CCOC(=O)CCCCCC=CCOC. The lowest BCUT2D eigenvalue weighted by Gasteiger charge is -2.00. The molecule has 0 aliphatic rings. The second-order valence-corrected chi connectivity index (χ2v) is 3.33. The molecule has 0 aliphatic heterocycles. The Hall–Kier alpha value is -0.830. The molecular weight excluding hydrogens is 192 g/mol. The maximum atomic E-state index is 11.0. The zero-order chi connectivity index (χ0) is 11.4. The molecule has 88 valence electrons. The lowest BCUT2D eigenvalue weighted by Crippen LogP contribution is -2.02. The van der Waals surface area contributed by atoms with E-state index in [-0.39, 0.29) is 5.97 Å². The third kappa shape index (κ3) is 11.1. The van der Waals surface area contributed by atoms with Crippen LogP contribution in [0, 0.1) is 0 Å². The molecule has 0 atom stereocenters. The summed E-state index contributed by atoms with van der Waals surface area (Å²) in [6.07, 6.45) is 8.88. The van der Waals surface area contributed by atoms with Gasteiger partial charge in [-0.1, -0.05) is 18.6 Å². The molecule has 0 bridgehead atoms. The number of methoxy groups -OCH3 is 1. The first-order valence-electron chi connectivity index (χ1n) is 5.60. The Kier molecular flexibility index (Phi) is 10.6. The van der Waals surface area contributed by atoms with E-state index in [1.807, 2.05) is 13.0 Å². The van der Waals surface area contributed by atoms with E-state index in [2.05, 4.69) is 6.08 Å². The molecule has 3 nitrogen and oxygen atoms in total. The van der Waals surface area contributed by atoms with Gasteiger partial charge in [-0.05, 0) is 26.2 Å². The number of esters is 1. The molecule has 0 heterocycles. The molecule has 0 radical (unpaired) electrons. The maximum absolute atomic E-state index is 11.0. The molecule has 0 aromatic rings. The molecule has 0 aromatic carbocycles. The highest BCUT2D eigenvalue weighted by Gasteiger charge is 1.99. The average Bonchev–Trinajstić information content (AvgIpc) is 2.22. The molecule has 3 heteroatoms. The standard InChI is InChI=1S/C12H22O3/c1-3-15-12(13)10-8-6-4-5-7-9-11-14-2/h7,9H,3-6,8,10-11H2,1-2H3. The van der Waals surface area contributed by atoms with Crippen molar-refractivity contribution in [3.63, 3.8) is 0 Å². The van der Waals surface area contributed by atoms with Gasteiger partial charge in [-0.3, -0.25) is 4.79 Å². The monoisotopic (exact) mass is 214 g/mol. The highest BCUT2D eigenvalue weighted by atomic mass is 16.5. The Morgan fingerprint density at radius 1 is 1.20 bits per heavy atom. The van der Waals surface area contributed by atoms with Crippen LogP contribution in [0.1, 0.15) is 39.0 Å². The number of carbonyl (C=O) groups is 1. The molecule has 0 unspecified atom stereocenters. The van der Waals surface area contributed by atoms with Gasteiger partial charge in [-0.15, -0.1) is 0 Å². The first-order valence-corrected chi connectivity index (χ1v) is 5.60. The fourth-order valence-electron chi connectivity index (χ4n) is 1.22. The summed E-state index contributed by atoms with van der Waals surface area (Å²) in [6.45, 7) is 3.00. The second kappa shape index (κ2) is 11.2. The number of carbonyl (C=O) groups excluding carboxylic acids is 1. The molecule has 0 N–H and O–H groups in total. The lowest BCUT2D eigenvalue weighted by molar-refractivity contribution is -0.143. The van der Waals surface area contributed by atoms with Gasteiger partial charge in [0.25, 0.3) is 0 Å². The molecule has 0 spiro atoms. The van der Waals surface area contributed by atoms with Crippen LogP contribution < -0.4 is 0 Å². The fourth-order valence-corrected chi connectivity index (χ4v) is 1.22. The summed E-state index contributed by atoms with van der Waals surface area (Å²) in [5.41, 5.74) is 0. The van der Waals surface area contributed by atoms with E-state index in [1.54, 1.807) is 7.11 Å². The van der Waals surface area contributed by atoms with Crippen LogP contribution in [0.5, 0.6) is 0 Å². The number of allylic oxidation sites excluding steroid dienone is 1. The van der Waals surface area contributed by atoms with Crippen molar-refractivity contribution < 1.29 is 14.3 Å². The quantitative estimate of drug-likeness (QED) is 0.336. The number of hydrogen-bond donors (Lipinski definition) is 0. The highest BCUT2D eigenvalue weighted by Crippen LogP contribution is 2.04. The van der Waals surface area contributed by atoms with Crippen LogP contribution in [0.2, 0.25) is 0 Å². The molecule has 0 saturated carbocycles. The van der Waals surface area contributed by atoms with Crippen molar-refractivity contribution in [3.05, 3.63) is 12.2 Å². The molecule has 0 fully saturated rings. The van der Waals surface area contributed by atoms with Crippen LogP contribution in [-0.4, -0.2) is 26.3 Å². The van der Waals surface area contributed by atoms with Crippen LogP contribution in [0.25, 0.3) is 0 Å². The second-order valence-electron chi connectivity index (χ2n) is 3.33. The number of ether oxygens (including phenoxy) is 2. The van der Waals surface area contributed by atoms with E-state index in [4.69, 9.17) is 9.47 Å². The normalized spacial score (nSPS) is 10.8. The molecule has 0 amide bonds. The summed E-state index contributed by atoms with van der Waals surface area (Å²) in [5.74, 6) is -0.0765. The Morgan fingerprint density at radius 3 is 2.67 bits per heavy atom. The minimum absolute atomic E-state index is 0.0765. The number of unbranched alkanes of at least 4 members (excludes halogenated alkanes) is 3. The molecular formula is C12H22O3. The Labute approximate surface area is 92.5 Å². The lowest BCUT2D eigenvalue weighted by atomic mass is 10.1. The largest absolute Gasteiger partial charge is 0.466 e. The highest BCUT2D eigenvalue weighted by molar-refractivity contribution is 5.69. The van der Waals surface area contributed by atoms with Crippen molar-refractivity contribution in [2.45, 2.75) is 39.0 Å². The first-order chi connectivity index (χ1) is 7.31. The third-order valence-corrected chi connectivity index (χ3v) is 1.99. The molecule has 0 aliphatic carbocycles. The fraction of sp³-hybridized carbons (Fsp3) is 0.750. The van der Waals surface area contributed by atoms with E-state index >= 15 is 0 Å². The third-order valence-electron chi connectivity index (χ3n) is 1.99.